The van der Waals surface area contributed by atoms with Gasteiger partial charge in [-0.2, -0.15) is 0 Å². The molecule has 7 heteroatoms. The molecule has 36 heavy (non-hydrogen) atoms. The van der Waals surface area contributed by atoms with Crippen molar-refractivity contribution in [2.75, 3.05) is 25.0 Å². The fourth-order valence-electron chi connectivity index (χ4n) is 5.37. The van der Waals surface area contributed by atoms with Gasteiger partial charge in [0.2, 0.25) is 5.91 Å². The summed E-state index contributed by atoms with van der Waals surface area (Å²) >= 11 is 5.75. The van der Waals surface area contributed by atoms with E-state index in [1.165, 1.54) is 11.1 Å². The Morgan fingerprint density at radius 1 is 1.08 bits per heavy atom. The Labute approximate surface area is 218 Å². The maximum Gasteiger partial charge on any atom is 0.241 e. The van der Waals surface area contributed by atoms with Crippen molar-refractivity contribution in [2.45, 2.75) is 44.3 Å². The van der Waals surface area contributed by atoms with Gasteiger partial charge in [0.15, 0.2) is 5.11 Å². The van der Waals surface area contributed by atoms with Crippen molar-refractivity contribution in [1.82, 2.24) is 20.1 Å². The molecule has 0 saturated carbocycles. The zero-order valence-corrected chi connectivity index (χ0v) is 21.5. The molecular formula is C29H33N5OS. The van der Waals surface area contributed by atoms with Gasteiger partial charge in [0.25, 0.3) is 0 Å². The largest absolute Gasteiger partial charge is 0.349 e. The summed E-state index contributed by atoms with van der Waals surface area (Å²) in [6.45, 7) is 4.30. The van der Waals surface area contributed by atoms with Gasteiger partial charge in [0, 0.05) is 56.5 Å². The standard InChI is InChI=1S/C29H33N5OS/c1-22-8-7-12-25(20-22)31-28(36)33-18-14-29(15-19-33)32-26(21-23-9-3-2-4-10-23)27(35)34(29)17-13-24-11-5-6-16-30-24/h2-12,16,20,26,32H,13-15,17-19,21H2,1H3,(H,31,36). The van der Waals surface area contributed by atoms with Crippen molar-refractivity contribution in [3.63, 3.8) is 0 Å². The molecule has 2 fully saturated rings. The van der Waals surface area contributed by atoms with Crippen LogP contribution in [0.3, 0.4) is 0 Å². The molecule has 2 aliphatic heterocycles. The second-order valence-electron chi connectivity index (χ2n) is 9.77. The number of carbonyl (C=O) groups is 1. The van der Waals surface area contributed by atoms with Crippen LogP contribution < -0.4 is 10.6 Å². The smallest absolute Gasteiger partial charge is 0.241 e. The number of pyridine rings is 1. The SMILES string of the molecule is Cc1cccc(NC(=S)N2CCC3(CC2)NC(Cc2ccccc2)C(=O)N3CCc2ccccn2)c1. The summed E-state index contributed by atoms with van der Waals surface area (Å²) in [4.78, 5) is 22.5. The molecule has 1 aromatic heterocycles. The number of hydrogen-bond acceptors (Lipinski definition) is 4. The van der Waals surface area contributed by atoms with Crippen molar-refractivity contribution < 1.29 is 4.79 Å². The van der Waals surface area contributed by atoms with Gasteiger partial charge in [0.05, 0.1) is 11.7 Å². The van der Waals surface area contributed by atoms with Crippen LogP contribution in [-0.2, 0) is 17.6 Å². The van der Waals surface area contributed by atoms with Crippen LogP contribution in [0.2, 0.25) is 0 Å². The highest BCUT2D eigenvalue weighted by Gasteiger charge is 2.51. The summed E-state index contributed by atoms with van der Waals surface area (Å²) in [5, 5.41) is 7.90. The number of likely N-dealkylation sites (tertiary alicyclic amines) is 1. The molecule has 0 aliphatic carbocycles. The van der Waals surface area contributed by atoms with E-state index in [0.717, 1.165) is 48.8 Å². The Morgan fingerprint density at radius 3 is 2.58 bits per heavy atom. The van der Waals surface area contributed by atoms with Gasteiger partial charge >= 0.3 is 0 Å². The highest BCUT2D eigenvalue weighted by atomic mass is 32.1. The third-order valence-corrected chi connectivity index (χ3v) is 7.63. The summed E-state index contributed by atoms with van der Waals surface area (Å²) in [6, 6.07) is 24.2. The molecule has 2 aliphatic rings. The first-order chi connectivity index (χ1) is 17.5. The van der Waals surface area contributed by atoms with E-state index in [4.69, 9.17) is 12.2 Å². The normalized spacial score (nSPS) is 19.0. The van der Waals surface area contributed by atoms with Crippen LogP contribution in [0.25, 0.3) is 0 Å². The number of anilines is 1. The zero-order valence-electron chi connectivity index (χ0n) is 20.7. The molecule has 1 amide bonds. The average Bonchev–Trinajstić information content (AvgIpc) is 3.14. The van der Waals surface area contributed by atoms with E-state index in [2.05, 4.69) is 56.6 Å². The van der Waals surface area contributed by atoms with Gasteiger partial charge in [0.1, 0.15) is 0 Å². The molecule has 2 N–H and O–H groups in total. The number of hydrogen-bond donors (Lipinski definition) is 2. The molecule has 1 atom stereocenters. The topological polar surface area (TPSA) is 60.5 Å². The molecule has 3 aromatic rings. The lowest BCUT2D eigenvalue weighted by Crippen LogP contribution is -2.60. The quantitative estimate of drug-likeness (QED) is 0.497. The van der Waals surface area contributed by atoms with E-state index in [1.807, 2.05) is 54.7 Å². The van der Waals surface area contributed by atoms with E-state index < -0.39 is 0 Å². The lowest BCUT2D eigenvalue weighted by molar-refractivity contribution is -0.133. The Balaban J connectivity index is 1.29. The monoisotopic (exact) mass is 499 g/mol. The van der Waals surface area contributed by atoms with Crippen LogP contribution in [0.1, 0.15) is 29.7 Å². The van der Waals surface area contributed by atoms with Crippen LogP contribution in [-0.4, -0.2) is 57.1 Å². The van der Waals surface area contributed by atoms with Crippen LogP contribution in [0, 0.1) is 6.92 Å². The third-order valence-electron chi connectivity index (χ3n) is 7.27. The van der Waals surface area contributed by atoms with Crippen molar-refractivity contribution in [3.8, 4) is 0 Å². The summed E-state index contributed by atoms with van der Waals surface area (Å²) in [5.41, 5.74) is 4.02. The maximum absolute atomic E-state index is 13.7. The van der Waals surface area contributed by atoms with E-state index in [0.29, 0.717) is 13.0 Å². The summed E-state index contributed by atoms with van der Waals surface area (Å²) < 4.78 is 0. The number of thiocarbonyl (C=S) groups is 1. The number of rotatable bonds is 6. The van der Waals surface area contributed by atoms with Crippen molar-refractivity contribution >= 4 is 28.9 Å². The Hall–Kier alpha value is -3.29. The lowest BCUT2D eigenvalue weighted by Gasteiger charge is -2.45. The van der Waals surface area contributed by atoms with Gasteiger partial charge in [-0.05, 0) is 61.0 Å². The average molecular weight is 500 g/mol. The number of piperidine rings is 1. The van der Waals surface area contributed by atoms with Crippen LogP contribution in [0.5, 0.6) is 0 Å². The Morgan fingerprint density at radius 2 is 1.86 bits per heavy atom. The molecule has 0 radical (unpaired) electrons. The number of nitrogens with zero attached hydrogens (tertiary/aromatic N) is 3. The van der Waals surface area contributed by atoms with Gasteiger partial charge in [-0.3, -0.25) is 15.1 Å². The van der Waals surface area contributed by atoms with E-state index >= 15 is 0 Å². The predicted octanol–water partition coefficient (Wildman–Crippen LogP) is 4.16. The molecule has 1 unspecified atom stereocenters. The second-order valence-corrected chi connectivity index (χ2v) is 10.2. The first-order valence-corrected chi connectivity index (χ1v) is 13.1. The van der Waals surface area contributed by atoms with Crippen molar-refractivity contribution in [2.24, 2.45) is 0 Å². The van der Waals surface area contributed by atoms with Crippen LogP contribution in [0.4, 0.5) is 5.69 Å². The highest BCUT2D eigenvalue weighted by Crippen LogP contribution is 2.34. The number of carbonyl (C=O) groups excluding carboxylic acids is 1. The van der Waals surface area contributed by atoms with E-state index in [9.17, 15) is 4.79 Å². The van der Waals surface area contributed by atoms with Gasteiger partial charge in [-0.25, -0.2) is 0 Å². The minimum Gasteiger partial charge on any atom is -0.349 e. The lowest BCUT2D eigenvalue weighted by atomic mass is 9.95. The summed E-state index contributed by atoms with van der Waals surface area (Å²) in [7, 11) is 0. The van der Waals surface area contributed by atoms with E-state index in [1.54, 1.807) is 0 Å². The molecule has 3 heterocycles. The summed E-state index contributed by atoms with van der Waals surface area (Å²) in [5.74, 6) is 0.184. The molecule has 6 nitrogen and oxygen atoms in total. The second kappa shape index (κ2) is 10.8. The third kappa shape index (κ3) is 5.42. The number of amides is 1. The van der Waals surface area contributed by atoms with E-state index in [-0.39, 0.29) is 17.6 Å². The molecule has 2 saturated heterocycles. The summed E-state index contributed by atoms with van der Waals surface area (Å²) in [6.07, 6.45) is 4.89. The fourth-order valence-corrected chi connectivity index (χ4v) is 5.67. The van der Waals surface area contributed by atoms with Gasteiger partial charge < -0.3 is 15.1 Å². The number of aryl methyl sites for hydroxylation is 1. The van der Waals surface area contributed by atoms with Crippen LogP contribution >= 0.6 is 12.2 Å². The maximum atomic E-state index is 13.7. The Kier molecular flexibility index (Phi) is 7.30. The number of nitrogens with one attached hydrogen (secondary N) is 2. The van der Waals surface area contributed by atoms with Crippen LogP contribution in [0.15, 0.2) is 79.0 Å². The Bertz CT molecular complexity index is 1190. The number of aromatic nitrogens is 1. The molecule has 186 valence electrons. The minimum atomic E-state index is -0.360. The first kappa shape index (κ1) is 24.4. The molecule has 1 spiro atoms. The first-order valence-electron chi connectivity index (χ1n) is 12.7. The van der Waals surface area contributed by atoms with Gasteiger partial charge in [-0.15, -0.1) is 0 Å². The predicted molar refractivity (Wildman–Crippen MR) is 148 cm³/mol. The molecule has 5 rings (SSSR count). The molecular weight excluding hydrogens is 466 g/mol. The highest BCUT2D eigenvalue weighted by molar-refractivity contribution is 7.80. The molecule has 0 bridgehead atoms. The number of benzene rings is 2. The van der Waals surface area contributed by atoms with Crippen molar-refractivity contribution in [3.05, 3.63) is 95.8 Å². The zero-order chi connectivity index (χ0) is 25.0. The minimum absolute atomic E-state index is 0.184. The fraction of sp³-hybridized carbons (Fsp3) is 0.345. The van der Waals surface area contributed by atoms with Gasteiger partial charge in [-0.1, -0.05) is 48.5 Å². The van der Waals surface area contributed by atoms with Crippen molar-refractivity contribution in [1.29, 1.82) is 0 Å². The molecule has 2 aromatic carbocycles.